The number of fused-ring (bicyclic) bond motifs is 1. The first-order valence-corrected chi connectivity index (χ1v) is 9.50. The number of hydrogen-bond acceptors (Lipinski definition) is 5. The van der Waals surface area contributed by atoms with Crippen LogP contribution in [-0.2, 0) is 6.54 Å². The molecule has 6 heteroatoms. The fourth-order valence-electron chi connectivity index (χ4n) is 4.13. The highest BCUT2D eigenvalue weighted by Gasteiger charge is 2.33. The first-order valence-electron chi connectivity index (χ1n) is 9.50. The number of hydrogen-bond donors (Lipinski definition) is 1. The molecule has 27 heavy (non-hydrogen) atoms. The number of rotatable bonds is 5. The monoisotopic (exact) mass is 365 g/mol. The van der Waals surface area contributed by atoms with Crippen LogP contribution in [0.2, 0.25) is 0 Å². The molecule has 0 spiro atoms. The summed E-state index contributed by atoms with van der Waals surface area (Å²) in [5, 5.41) is 15.4. The standard InChI is InChI=1S/C21H27N5O/c1-24(2)15-21(27)9-6-10-25(16-21)13-17-11-22-20-19(12-23-26(20)14-17)18-7-4-3-5-8-18/h3-5,7-8,11-12,14,27H,6,9-10,13,15-16H2,1-2H3/t21-/m0/s1. The average Bonchev–Trinajstić information content (AvgIpc) is 3.04. The van der Waals surface area contributed by atoms with E-state index < -0.39 is 5.60 Å². The highest BCUT2D eigenvalue weighted by Crippen LogP contribution is 2.25. The van der Waals surface area contributed by atoms with E-state index in [0.717, 1.165) is 48.3 Å². The summed E-state index contributed by atoms with van der Waals surface area (Å²) in [6.07, 6.45) is 7.73. The molecule has 3 heterocycles. The van der Waals surface area contributed by atoms with E-state index in [4.69, 9.17) is 0 Å². The number of likely N-dealkylation sites (tertiary alicyclic amines) is 1. The summed E-state index contributed by atoms with van der Waals surface area (Å²) in [6.45, 7) is 3.17. The lowest BCUT2D eigenvalue weighted by molar-refractivity contribution is -0.0480. The molecule has 0 amide bonds. The molecule has 0 radical (unpaired) electrons. The van der Waals surface area contributed by atoms with Crippen molar-refractivity contribution in [3.8, 4) is 11.1 Å². The van der Waals surface area contributed by atoms with Crippen molar-refractivity contribution in [1.29, 1.82) is 0 Å². The Morgan fingerprint density at radius 2 is 2.00 bits per heavy atom. The van der Waals surface area contributed by atoms with Crippen LogP contribution in [0.4, 0.5) is 0 Å². The molecule has 0 unspecified atom stereocenters. The van der Waals surface area contributed by atoms with E-state index in [9.17, 15) is 5.11 Å². The van der Waals surface area contributed by atoms with Crippen molar-refractivity contribution in [2.24, 2.45) is 0 Å². The molecule has 2 aromatic heterocycles. The van der Waals surface area contributed by atoms with E-state index in [2.05, 4.69) is 32.0 Å². The fourth-order valence-corrected chi connectivity index (χ4v) is 4.13. The molecule has 1 aliphatic heterocycles. The Balaban J connectivity index is 1.52. The van der Waals surface area contributed by atoms with Gasteiger partial charge in [0.05, 0.1) is 11.8 Å². The van der Waals surface area contributed by atoms with Gasteiger partial charge >= 0.3 is 0 Å². The van der Waals surface area contributed by atoms with Crippen molar-refractivity contribution < 1.29 is 5.11 Å². The predicted molar refractivity (Wildman–Crippen MR) is 106 cm³/mol. The molecule has 1 N–H and O–H groups in total. The topological polar surface area (TPSA) is 56.9 Å². The maximum Gasteiger partial charge on any atom is 0.162 e. The second-order valence-corrected chi connectivity index (χ2v) is 7.93. The number of piperidine rings is 1. The Morgan fingerprint density at radius 1 is 1.19 bits per heavy atom. The summed E-state index contributed by atoms with van der Waals surface area (Å²) in [5.74, 6) is 0. The Morgan fingerprint density at radius 3 is 2.78 bits per heavy atom. The normalized spacial score (nSPS) is 21.2. The van der Waals surface area contributed by atoms with Crippen LogP contribution >= 0.6 is 0 Å². The molecule has 6 nitrogen and oxygen atoms in total. The van der Waals surface area contributed by atoms with Crippen LogP contribution in [0, 0.1) is 0 Å². The number of aliphatic hydroxyl groups is 1. The van der Waals surface area contributed by atoms with Gasteiger partial charge in [0.2, 0.25) is 0 Å². The number of likely N-dealkylation sites (N-methyl/N-ethyl adjacent to an activating group) is 1. The van der Waals surface area contributed by atoms with Crippen molar-refractivity contribution in [2.45, 2.75) is 25.0 Å². The highest BCUT2D eigenvalue weighted by atomic mass is 16.3. The number of aromatic nitrogens is 3. The quantitative estimate of drug-likeness (QED) is 0.752. The van der Waals surface area contributed by atoms with Gasteiger partial charge in [-0.05, 0) is 39.0 Å². The summed E-state index contributed by atoms with van der Waals surface area (Å²) in [4.78, 5) is 9.05. The van der Waals surface area contributed by atoms with Gasteiger partial charge in [0.1, 0.15) is 0 Å². The van der Waals surface area contributed by atoms with Crippen molar-refractivity contribution in [1.82, 2.24) is 24.4 Å². The minimum atomic E-state index is -0.633. The van der Waals surface area contributed by atoms with Crippen LogP contribution in [0.15, 0.2) is 48.9 Å². The minimum Gasteiger partial charge on any atom is -0.387 e. The lowest BCUT2D eigenvalue weighted by Gasteiger charge is -2.40. The second kappa shape index (κ2) is 7.38. The van der Waals surface area contributed by atoms with Crippen molar-refractivity contribution in [3.05, 3.63) is 54.5 Å². The third kappa shape index (κ3) is 4.03. The zero-order chi connectivity index (χ0) is 18.9. The molecule has 1 atom stereocenters. The zero-order valence-corrected chi connectivity index (χ0v) is 16.0. The van der Waals surface area contributed by atoms with Gasteiger partial charge in [-0.1, -0.05) is 30.3 Å². The molecule has 1 fully saturated rings. The molecule has 0 bridgehead atoms. The third-order valence-electron chi connectivity index (χ3n) is 5.15. The average molecular weight is 365 g/mol. The molecule has 3 aromatic rings. The van der Waals surface area contributed by atoms with E-state index in [1.54, 1.807) is 0 Å². The molecule has 0 aliphatic carbocycles. The van der Waals surface area contributed by atoms with Crippen molar-refractivity contribution in [3.63, 3.8) is 0 Å². The Hall–Kier alpha value is -2.28. The smallest absolute Gasteiger partial charge is 0.162 e. The lowest BCUT2D eigenvalue weighted by atomic mass is 9.92. The summed E-state index contributed by atoms with van der Waals surface area (Å²) in [6, 6.07) is 10.2. The van der Waals surface area contributed by atoms with Crippen LogP contribution < -0.4 is 0 Å². The lowest BCUT2D eigenvalue weighted by Crippen LogP contribution is -2.52. The van der Waals surface area contributed by atoms with Crippen LogP contribution in [0.1, 0.15) is 18.4 Å². The van der Waals surface area contributed by atoms with Gasteiger partial charge in [-0.15, -0.1) is 0 Å². The van der Waals surface area contributed by atoms with Gasteiger partial charge in [-0.3, -0.25) is 4.90 Å². The molecular formula is C21H27N5O. The molecule has 142 valence electrons. The number of nitrogens with zero attached hydrogens (tertiary/aromatic N) is 5. The Labute approximate surface area is 160 Å². The maximum absolute atomic E-state index is 10.9. The van der Waals surface area contributed by atoms with Gasteiger partial charge < -0.3 is 10.0 Å². The second-order valence-electron chi connectivity index (χ2n) is 7.93. The summed E-state index contributed by atoms with van der Waals surface area (Å²) >= 11 is 0. The van der Waals surface area contributed by atoms with E-state index in [1.165, 1.54) is 0 Å². The maximum atomic E-state index is 10.9. The highest BCUT2D eigenvalue weighted by molar-refractivity contribution is 5.76. The molecule has 1 aromatic carbocycles. The van der Waals surface area contributed by atoms with Gasteiger partial charge in [-0.2, -0.15) is 5.10 Å². The molecule has 1 aliphatic rings. The number of benzene rings is 1. The molecule has 4 rings (SSSR count). The van der Waals surface area contributed by atoms with Gasteiger partial charge in [0.15, 0.2) is 5.65 Å². The SMILES string of the molecule is CN(C)C[C@@]1(O)CCCN(Cc2cnc3c(-c4ccccc4)cnn3c2)C1. The third-order valence-corrected chi connectivity index (χ3v) is 5.15. The summed E-state index contributed by atoms with van der Waals surface area (Å²) in [5.41, 5.74) is 3.51. The van der Waals surface area contributed by atoms with E-state index in [-0.39, 0.29) is 0 Å². The predicted octanol–water partition coefficient (Wildman–Crippen LogP) is 2.28. The summed E-state index contributed by atoms with van der Waals surface area (Å²) in [7, 11) is 4.02. The largest absolute Gasteiger partial charge is 0.387 e. The van der Waals surface area contributed by atoms with Crippen molar-refractivity contribution >= 4 is 5.65 Å². The Bertz CT molecular complexity index is 907. The molecule has 0 saturated carbocycles. The fraction of sp³-hybridized carbons (Fsp3) is 0.429. The minimum absolute atomic E-state index is 0.633. The Kier molecular flexibility index (Phi) is 4.95. The zero-order valence-electron chi connectivity index (χ0n) is 16.0. The van der Waals surface area contributed by atoms with Crippen molar-refractivity contribution in [2.75, 3.05) is 33.7 Å². The van der Waals surface area contributed by atoms with E-state index in [0.29, 0.717) is 13.1 Å². The van der Waals surface area contributed by atoms with Gasteiger partial charge in [-0.25, -0.2) is 9.50 Å². The first kappa shape index (κ1) is 18.1. The van der Waals surface area contributed by atoms with Crippen LogP contribution in [0.25, 0.3) is 16.8 Å². The van der Waals surface area contributed by atoms with Gasteiger partial charge in [0, 0.05) is 43.2 Å². The van der Waals surface area contributed by atoms with Crippen LogP contribution in [0.3, 0.4) is 0 Å². The number of β-amino-alcohol motifs (C(OH)–C–C–N with tert-alkyl or cyclic N) is 1. The van der Waals surface area contributed by atoms with E-state index in [1.807, 2.05) is 55.4 Å². The summed E-state index contributed by atoms with van der Waals surface area (Å²) < 4.78 is 1.85. The van der Waals surface area contributed by atoms with Crippen LogP contribution in [0.5, 0.6) is 0 Å². The van der Waals surface area contributed by atoms with Gasteiger partial charge in [0.25, 0.3) is 0 Å². The van der Waals surface area contributed by atoms with E-state index >= 15 is 0 Å². The van der Waals surface area contributed by atoms with Crippen LogP contribution in [-0.4, -0.2) is 68.8 Å². The molecular weight excluding hydrogens is 338 g/mol. The first-order chi connectivity index (χ1) is 13.0. The molecule has 1 saturated heterocycles.